The van der Waals surface area contributed by atoms with Crippen LogP contribution in [0.3, 0.4) is 0 Å². The van der Waals surface area contributed by atoms with Gasteiger partial charge in [0.1, 0.15) is 5.82 Å². The fourth-order valence-corrected chi connectivity index (χ4v) is 2.92. The number of hydrogen-bond donors (Lipinski definition) is 1. The Morgan fingerprint density at radius 1 is 1.30 bits per heavy atom. The SMILES string of the molecule is CNC(C)c1cc(F)c(C)cc1Sc1nccc(C)n1. The van der Waals surface area contributed by atoms with Crippen molar-refractivity contribution in [2.45, 2.75) is 36.9 Å². The van der Waals surface area contributed by atoms with E-state index in [-0.39, 0.29) is 11.9 Å². The summed E-state index contributed by atoms with van der Waals surface area (Å²) in [6.45, 7) is 5.70. The van der Waals surface area contributed by atoms with Crippen molar-refractivity contribution in [3.05, 3.63) is 47.0 Å². The summed E-state index contributed by atoms with van der Waals surface area (Å²) < 4.78 is 13.8. The number of nitrogens with one attached hydrogen (secondary N) is 1. The molecule has 1 aromatic heterocycles. The van der Waals surface area contributed by atoms with Crippen LogP contribution in [0.25, 0.3) is 0 Å². The molecule has 0 radical (unpaired) electrons. The average molecular weight is 291 g/mol. The van der Waals surface area contributed by atoms with Crippen LogP contribution < -0.4 is 5.32 Å². The molecule has 3 nitrogen and oxygen atoms in total. The Kier molecular flexibility index (Phi) is 4.73. The van der Waals surface area contributed by atoms with Crippen molar-refractivity contribution in [1.82, 2.24) is 15.3 Å². The predicted octanol–water partition coefficient (Wildman–Crippen LogP) is 3.66. The lowest BCUT2D eigenvalue weighted by Gasteiger charge is -2.16. The predicted molar refractivity (Wildman–Crippen MR) is 79.5 cm³/mol. The number of hydrogen-bond acceptors (Lipinski definition) is 4. The molecule has 1 aromatic carbocycles. The summed E-state index contributed by atoms with van der Waals surface area (Å²) in [4.78, 5) is 9.62. The van der Waals surface area contributed by atoms with Crippen LogP contribution in [0, 0.1) is 19.7 Å². The lowest BCUT2D eigenvalue weighted by atomic mass is 10.1. The molecule has 1 atom stereocenters. The molecule has 0 saturated heterocycles. The zero-order valence-electron chi connectivity index (χ0n) is 12.1. The molecule has 2 rings (SSSR count). The minimum absolute atomic E-state index is 0.0670. The Morgan fingerprint density at radius 2 is 2.05 bits per heavy atom. The number of halogens is 1. The molecule has 0 bridgehead atoms. The van der Waals surface area contributed by atoms with Gasteiger partial charge in [-0.25, -0.2) is 14.4 Å². The molecule has 1 heterocycles. The van der Waals surface area contributed by atoms with Gasteiger partial charge >= 0.3 is 0 Å². The fourth-order valence-electron chi connectivity index (χ4n) is 1.83. The molecule has 0 aliphatic heterocycles. The summed E-state index contributed by atoms with van der Waals surface area (Å²) in [5, 5.41) is 3.83. The fraction of sp³-hybridized carbons (Fsp3) is 0.333. The van der Waals surface area contributed by atoms with Gasteiger partial charge in [-0.05, 0) is 68.9 Å². The van der Waals surface area contributed by atoms with Crippen molar-refractivity contribution in [2.24, 2.45) is 0 Å². The summed E-state index contributed by atoms with van der Waals surface area (Å²) in [7, 11) is 1.86. The summed E-state index contributed by atoms with van der Waals surface area (Å²) in [6.07, 6.45) is 1.74. The molecule has 0 spiro atoms. The van der Waals surface area contributed by atoms with Gasteiger partial charge in [0, 0.05) is 22.8 Å². The van der Waals surface area contributed by atoms with E-state index < -0.39 is 0 Å². The molecule has 106 valence electrons. The van der Waals surface area contributed by atoms with E-state index in [1.807, 2.05) is 33.0 Å². The Balaban J connectivity index is 2.41. The van der Waals surface area contributed by atoms with Crippen LogP contribution in [-0.2, 0) is 0 Å². The first-order chi connectivity index (χ1) is 9.51. The quantitative estimate of drug-likeness (QED) is 0.872. The molecule has 0 saturated carbocycles. The minimum atomic E-state index is -0.184. The Hall–Kier alpha value is -1.46. The standard InChI is InChI=1S/C15H18FN3S/c1-9-7-14(12(8-13(9)16)11(3)17-4)20-15-18-6-5-10(2)19-15/h5-8,11,17H,1-4H3. The molecule has 1 N–H and O–H groups in total. The highest BCUT2D eigenvalue weighted by atomic mass is 32.2. The normalized spacial score (nSPS) is 12.4. The second-order valence-corrected chi connectivity index (χ2v) is 5.74. The van der Waals surface area contributed by atoms with Crippen LogP contribution in [0.2, 0.25) is 0 Å². The molecule has 0 aliphatic rings. The Morgan fingerprint density at radius 3 is 2.70 bits per heavy atom. The van der Waals surface area contributed by atoms with E-state index in [0.717, 1.165) is 16.2 Å². The van der Waals surface area contributed by atoms with E-state index in [9.17, 15) is 4.39 Å². The number of aryl methyl sites for hydroxylation is 2. The lowest BCUT2D eigenvalue weighted by molar-refractivity contribution is 0.594. The van der Waals surface area contributed by atoms with Gasteiger partial charge in [0.25, 0.3) is 0 Å². The number of nitrogens with zero attached hydrogens (tertiary/aromatic N) is 2. The van der Waals surface area contributed by atoms with Crippen LogP contribution in [-0.4, -0.2) is 17.0 Å². The highest BCUT2D eigenvalue weighted by Crippen LogP contribution is 2.33. The minimum Gasteiger partial charge on any atom is -0.313 e. The van der Waals surface area contributed by atoms with Gasteiger partial charge in [0.2, 0.25) is 0 Å². The largest absolute Gasteiger partial charge is 0.313 e. The number of benzene rings is 1. The van der Waals surface area contributed by atoms with E-state index in [1.54, 1.807) is 19.2 Å². The van der Waals surface area contributed by atoms with Gasteiger partial charge in [-0.2, -0.15) is 0 Å². The first kappa shape index (κ1) is 14.9. The van der Waals surface area contributed by atoms with Gasteiger partial charge in [0.05, 0.1) is 0 Å². The second-order valence-electron chi connectivity index (χ2n) is 4.73. The molecular formula is C15H18FN3S. The zero-order chi connectivity index (χ0) is 14.7. The number of aromatic nitrogens is 2. The third-order valence-corrected chi connectivity index (χ3v) is 4.12. The van der Waals surface area contributed by atoms with Gasteiger partial charge in [-0.15, -0.1) is 0 Å². The first-order valence-corrected chi connectivity index (χ1v) is 7.27. The lowest BCUT2D eigenvalue weighted by Crippen LogP contribution is -2.14. The highest BCUT2D eigenvalue weighted by Gasteiger charge is 2.14. The Bertz CT molecular complexity index is 616. The molecule has 0 amide bonds. The van der Waals surface area contributed by atoms with Crippen LogP contribution in [0.1, 0.15) is 29.8 Å². The van der Waals surface area contributed by atoms with Gasteiger partial charge in [-0.3, -0.25) is 0 Å². The molecule has 0 fully saturated rings. The van der Waals surface area contributed by atoms with Gasteiger partial charge in [-0.1, -0.05) is 0 Å². The van der Waals surface area contributed by atoms with Crippen LogP contribution in [0.4, 0.5) is 4.39 Å². The summed E-state index contributed by atoms with van der Waals surface area (Å²) in [5.41, 5.74) is 2.47. The third-order valence-electron chi connectivity index (χ3n) is 3.16. The van der Waals surface area contributed by atoms with E-state index in [0.29, 0.717) is 10.7 Å². The van der Waals surface area contributed by atoms with E-state index in [1.165, 1.54) is 11.8 Å². The topological polar surface area (TPSA) is 37.8 Å². The van der Waals surface area contributed by atoms with Gasteiger partial charge < -0.3 is 5.32 Å². The van der Waals surface area contributed by atoms with Gasteiger partial charge in [0.15, 0.2) is 5.16 Å². The maximum Gasteiger partial charge on any atom is 0.192 e. The summed E-state index contributed by atoms with van der Waals surface area (Å²) in [6, 6.07) is 5.37. The van der Waals surface area contributed by atoms with Crippen molar-refractivity contribution in [3.8, 4) is 0 Å². The molecule has 2 aromatic rings. The molecular weight excluding hydrogens is 273 g/mol. The first-order valence-electron chi connectivity index (χ1n) is 6.46. The van der Waals surface area contributed by atoms with Crippen molar-refractivity contribution >= 4 is 11.8 Å². The monoisotopic (exact) mass is 291 g/mol. The van der Waals surface area contributed by atoms with Crippen molar-refractivity contribution in [1.29, 1.82) is 0 Å². The Labute approximate surface area is 123 Å². The zero-order valence-corrected chi connectivity index (χ0v) is 12.9. The molecule has 5 heteroatoms. The highest BCUT2D eigenvalue weighted by molar-refractivity contribution is 7.99. The van der Waals surface area contributed by atoms with E-state index in [2.05, 4.69) is 15.3 Å². The van der Waals surface area contributed by atoms with Crippen LogP contribution in [0.5, 0.6) is 0 Å². The van der Waals surface area contributed by atoms with E-state index >= 15 is 0 Å². The third kappa shape index (κ3) is 3.35. The summed E-state index contributed by atoms with van der Waals surface area (Å²) >= 11 is 1.47. The summed E-state index contributed by atoms with van der Waals surface area (Å²) in [5.74, 6) is -0.184. The van der Waals surface area contributed by atoms with Crippen molar-refractivity contribution in [3.63, 3.8) is 0 Å². The van der Waals surface area contributed by atoms with Crippen LogP contribution >= 0.6 is 11.8 Å². The van der Waals surface area contributed by atoms with Crippen molar-refractivity contribution < 1.29 is 4.39 Å². The van der Waals surface area contributed by atoms with Crippen LogP contribution in [0.15, 0.2) is 34.4 Å². The van der Waals surface area contributed by atoms with Crippen molar-refractivity contribution in [2.75, 3.05) is 7.05 Å². The number of rotatable bonds is 4. The average Bonchev–Trinajstić information content (AvgIpc) is 2.42. The maximum absolute atomic E-state index is 13.8. The molecule has 1 unspecified atom stereocenters. The second kappa shape index (κ2) is 6.33. The van der Waals surface area contributed by atoms with E-state index in [4.69, 9.17) is 0 Å². The molecule has 0 aliphatic carbocycles. The maximum atomic E-state index is 13.8. The smallest absolute Gasteiger partial charge is 0.192 e. The molecule has 20 heavy (non-hydrogen) atoms.